The molecule has 4 nitrogen and oxygen atoms in total. The molecule has 1 N–H and O–H groups in total. The number of aromatic nitrogens is 1. The lowest BCUT2D eigenvalue weighted by Gasteiger charge is -2.14. The van der Waals surface area contributed by atoms with Crippen LogP contribution in [-0.4, -0.2) is 10.5 Å². The van der Waals surface area contributed by atoms with Crippen molar-refractivity contribution >= 4 is 21.8 Å². The van der Waals surface area contributed by atoms with Gasteiger partial charge < -0.3 is 9.88 Å². The Morgan fingerprint density at radius 1 is 1.24 bits per heavy atom. The van der Waals surface area contributed by atoms with Crippen LogP contribution < -0.4 is 10.9 Å². The summed E-state index contributed by atoms with van der Waals surface area (Å²) in [6.45, 7) is 2.31. The smallest absolute Gasteiger partial charge is 0.250 e. The van der Waals surface area contributed by atoms with E-state index in [9.17, 15) is 9.59 Å². The van der Waals surface area contributed by atoms with Crippen molar-refractivity contribution in [1.82, 2.24) is 9.88 Å². The van der Waals surface area contributed by atoms with Crippen molar-refractivity contribution in [2.75, 3.05) is 0 Å². The number of rotatable bonds is 5. The van der Waals surface area contributed by atoms with Gasteiger partial charge in [-0.1, -0.05) is 30.3 Å². The molecule has 1 atom stereocenters. The van der Waals surface area contributed by atoms with Gasteiger partial charge in [-0.05, 0) is 34.5 Å². The largest absolute Gasteiger partial charge is 0.350 e. The van der Waals surface area contributed by atoms with Crippen molar-refractivity contribution in [3.63, 3.8) is 0 Å². The monoisotopic (exact) mass is 348 g/mol. The Bertz CT molecular complexity index is 667. The van der Waals surface area contributed by atoms with Crippen LogP contribution in [0.2, 0.25) is 0 Å². The Hall–Kier alpha value is -1.88. The van der Waals surface area contributed by atoms with Gasteiger partial charge in [0, 0.05) is 29.7 Å². The third-order valence-corrected chi connectivity index (χ3v) is 3.67. The summed E-state index contributed by atoms with van der Waals surface area (Å²) in [6.07, 6.45) is 1.96. The lowest BCUT2D eigenvalue weighted by atomic mass is 10.1. The molecule has 2 rings (SSSR count). The minimum Gasteiger partial charge on any atom is -0.350 e. The molecule has 1 heterocycles. The van der Waals surface area contributed by atoms with E-state index in [1.54, 1.807) is 12.3 Å². The van der Waals surface area contributed by atoms with E-state index in [1.807, 2.05) is 37.3 Å². The summed E-state index contributed by atoms with van der Waals surface area (Å²) in [5, 5.41) is 2.93. The number of nitrogens with zero attached hydrogens (tertiary/aromatic N) is 1. The van der Waals surface area contributed by atoms with Crippen LogP contribution in [0.3, 0.4) is 0 Å². The Labute approximate surface area is 131 Å². The van der Waals surface area contributed by atoms with Gasteiger partial charge in [0.1, 0.15) is 0 Å². The minimum atomic E-state index is -0.109. The van der Waals surface area contributed by atoms with Crippen LogP contribution in [0.15, 0.2) is 57.9 Å². The zero-order valence-electron chi connectivity index (χ0n) is 11.8. The van der Waals surface area contributed by atoms with Crippen molar-refractivity contribution in [1.29, 1.82) is 0 Å². The molecule has 0 spiro atoms. The fraction of sp³-hybridized carbons (Fsp3) is 0.250. The number of carbonyl (C=O) groups is 1. The summed E-state index contributed by atoms with van der Waals surface area (Å²) < 4.78 is 2.34. The number of halogens is 1. The van der Waals surface area contributed by atoms with Crippen LogP contribution in [0.4, 0.5) is 0 Å². The molecule has 1 unspecified atom stereocenters. The molecule has 0 aliphatic rings. The summed E-state index contributed by atoms with van der Waals surface area (Å²) in [5.41, 5.74) is 0.951. The molecular formula is C16H17BrN2O2. The molecule has 0 bridgehead atoms. The fourth-order valence-electron chi connectivity index (χ4n) is 2.04. The quantitative estimate of drug-likeness (QED) is 0.903. The molecule has 5 heteroatoms. The molecule has 0 aliphatic carbocycles. The van der Waals surface area contributed by atoms with Gasteiger partial charge in [-0.25, -0.2) is 0 Å². The number of pyridine rings is 1. The first kappa shape index (κ1) is 15.5. The molecule has 0 saturated carbocycles. The first-order valence-corrected chi connectivity index (χ1v) is 7.56. The number of aryl methyl sites for hydroxylation is 1. The third kappa shape index (κ3) is 4.56. The van der Waals surface area contributed by atoms with Gasteiger partial charge in [0.2, 0.25) is 5.91 Å². The van der Waals surface area contributed by atoms with E-state index >= 15 is 0 Å². The van der Waals surface area contributed by atoms with Crippen molar-refractivity contribution in [3.05, 3.63) is 69.1 Å². The van der Waals surface area contributed by atoms with Crippen LogP contribution >= 0.6 is 15.9 Å². The van der Waals surface area contributed by atoms with E-state index in [0.717, 1.165) is 10.0 Å². The Morgan fingerprint density at radius 2 is 1.95 bits per heavy atom. The van der Waals surface area contributed by atoms with Gasteiger partial charge in [0.15, 0.2) is 0 Å². The van der Waals surface area contributed by atoms with E-state index in [0.29, 0.717) is 6.54 Å². The molecule has 1 aromatic heterocycles. The summed E-state index contributed by atoms with van der Waals surface area (Å²) >= 11 is 3.31. The zero-order chi connectivity index (χ0) is 15.2. The number of hydrogen-bond acceptors (Lipinski definition) is 2. The predicted octanol–water partition coefficient (Wildman–Crippen LogP) is 2.88. The zero-order valence-corrected chi connectivity index (χ0v) is 13.3. The number of amides is 1. The highest BCUT2D eigenvalue weighted by Crippen LogP contribution is 2.11. The highest BCUT2D eigenvalue weighted by molar-refractivity contribution is 9.10. The van der Waals surface area contributed by atoms with E-state index in [1.165, 1.54) is 10.6 Å². The van der Waals surface area contributed by atoms with Crippen LogP contribution in [0.25, 0.3) is 0 Å². The highest BCUT2D eigenvalue weighted by Gasteiger charge is 2.09. The molecule has 0 radical (unpaired) electrons. The molecule has 0 fully saturated rings. The summed E-state index contributed by atoms with van der Waals surface area (Å²) in [7, 11) is 0. The number of nitrogens with one attached hydrogen (secondary N) is 1. The maximum atomic E-state index is 12.0. The van der Waals surface area contributed by atoms with Crippen molar-refractivity contribution in [3.8, 4) is 0 Å². The second kappa shape index (κ2) is 7.22. The SMILES string of the molecule is CC(NC(=O)CCn1cc(Br)ccc1=O)c1ccccc1. The van der Waals surface area contributed by atoms with Crippen LogP contribution in [0, 0.1) is 0 Å². The van der Waals surface area contributed by atoms with Gasteiger partial charge >= 0.3 is 0 Å². The third-order valence-electron chi connectivity index (χ3n) is 3.20. The minimum absolute atomic E-state index is 0.0436. The van der Waals surface area contributed by atoms with E-state index in [2.05, 4.69) is 21.2 Å². The van der Waals surface area contributed by atoms with Crippen molar-refractivity contribution in [2.45, 2.75) is 25.9 Å². The summed E-state index contributed by atoms with van der Waals surface area (Å²) in [4.78, 5) is 23.6. The van der Waals surface area contributed by atoms with Gasteiger partial charge in [-0.15, -0.1) is 0 Å². The van der Waals surface area contributed by atoms with Crippen molar-refractivity contribution in [2.24, 2.45) is 0 Å². The summed E-state index contributed by atoms with van der Waals surface area (Å²) in [5.74, 6) is -0.0711. The van der Waals surface area contributed by atoms with Crippen LogP contribution in [0.1, 0.15) is 24.9 Å². The number of carbonyl (C=O) groups excluding carboxylic acids is 1. The normalized spacial score (nSPS) is 11.9. The first-order chi connectivity index (χ1) is 10.1. The molecule has 0 saturated heterocycles. The molecule has 110 valence electrons. The first-order valence-electron chi connectivity index (χ1n) is 6.76. The number of benzene rings is 1. The van der Waals surface area contributed by atoms with Gasteiger partial charge in [0.25, 0.3) is 5.56 Å². The topological polar surface area (TPSA) is 51.1 Å². The van der Waals surface area contributed by atoms with Gasteiger partial charge in [0.05, 0.1) is 6.04 Å². The van der Waals surface area contributed by atoms with E-state index in [-0.39, 0.29) is 23.9 Å². The Kier molecular flexibility index (Phi) is 5.33. The summed E-state index contributed by atoms with van der Waals surface area (Å²) in [6, 6.07) is 12.9. The molecular weight excluding hydrogens is 332 g/mol. The van der Waals surface area contributed by atoms with E-state index < -0.39 is 0 Å². The Morgan fingerprint density at radius 3 is 2.67 bits per heavy atom. The lowest BCUT2D eigenvalue weighted by Crippen LogP contribution is -2.29. The maximum Gasteiger partial charge on any atom is 0.250 e. The van der Waals surface area contributed by atoms with Gasteiger partial charge in [-0.2, -0.15) is 0 Å². The second-order valence-electron chi connectivity index (χ2n) is 4.83. The Balaban J connectivity index is 1.90. The maximum absolute atomic E-state index is 12.0. The predicted molar refractivity (Wildman–Crippen MR) is 86.0 cm³/mol. The standard InChI is InChI=1S/C16H17BrN2O2/c1-12(13-5-3-2-4-6-13)18-15(20)9-10-19-11-14(17)7-8-16(19)21/h2-8,11-12H,9-10H2,1H3,(H,18,20). The highest BCUT2D eigenvalue weighted by atomic mass is 79.9. The average Bonchev–Trinajstić information content (AvgIpc) is 2.49. The molecule has 1 amide bonds. The van der Waals surface area contributed by atoms with E-state index in [4.69, 9.17) is 0 Å². The van der Waals surface area contributed by atoms with Crippen molar-refractivity contribution < 1.29 is 4.79 Å². The van der Waals surface area contributed by atoms with Crippen LogP contribution in [0.5, 0.6) is 0 Å². The van der Waals surface area contributed by atoms with Gasteiger partial charge in [-0.3, -0.25) is 9.59 Å². The van der Waals surface area contributed by atoms with Crippen LogP contribution in [-0.2, 0) is 11.3 Å². The second-order valence-corrected chi connectivity index (χ2v) is 5.74. The molecule has 21 heavy (non-hydrogen) atoms. The lowest BCUT2D eigenvalue weighted by molar-refractivity contribution is -0.121. The average molecular weight is 349 g/mol. The number of hydrogen-bond donors (Lipinski definition) is 1. The fourth-order valence-corrected chi connectivity index (χ4v) is 2.42. The molecule has 1 aromatic carbocycles. The molecule has 0 aliphatic heterocycles. The molecule has 2 aromatic rings.